The van der Waals surface area contributed by atoms with E-state index in [0.29, 0.717) is 18.0 Å². The number of carbonyl (C=O) groups excluding carboxylic acids is 1. The normalized spacial score (nSPS) is 20.2. The number of amides is 1. The predicted octanol–water partition coefficient (Wildman–Crippen LogP) is 0.510. The Morgan fingerprint density at radius 3 is 2.65 bits per heavy atom. The number of hydrogen-bond acceptors (Lipinski definition) is 5. The van der Waals surface area contributed by atoms with Crippen LogP contribution in [0.25, 0.3) is 0 Å². The van der Waals surface area contributed by atoms with Gasteiger partial charge in [0.25, 0.3) is 5.91 Å². The quantitative estimate of drug-likeness (QED) is 0.717. The van der Waals surface area contributed by atoms with E-state index in [2.05, 4.69) is 0 Å². The Labute approximate surface area is 105 Å². The summed E-state index contributed by atoms with van der Waals surface area (Å²) < 4.78 is 21.8. The molecule has 1 unspecified atom stereocenters. The van der Waals surface area contributed by atoms with Crippen molar-refractivity contribution in [1.82, 2.24) is 9.79 Å². The van der Waals surface area contributed by atoms with E-state index in [1.807, 2.05) is 13.8 Å². The van der Waals surface area contributed by atoms with E-state index in [-0.39, 0.29) is 12.3 Å². The summed E-state index contributed by atoms with van der Waals surface area (Å²) in [7, 11) is -3.76. The molecule has 1 rings (SSSR count). The molecule has 0 fully saturated rings. The average molecular weight is 280 g/mol. The fourth-order valence-electron chi connectivity index (χ4n) is 1.49. The first kappa shape index (κ1) is 14.5. The number of sulfonamides is 1. The van der Waals surface area contributed by atoms with Crippen LogP contribution in [-0.4, -0.2) is 42.1 Å². The lowest BCUT2D eigenvalue weighted by molar-refractivity contribution is -0.125. The molecule has 0 aromatic carbocycles. The first-order chi connectivity index (χ1) is 7.96. The molecule has 2 N–H and O–H groups in total. The molecule has 1 heterocycles. The number of likely N-dealkylation sites (N-methyl/N-ethyl adjacent to an activating group) is 1. The van der Waals surface area contributed by atoms with Crippen LogP contribution in [0.5, 0.6) is 0 Å². The summed E-state index contributed by atoms with van der Waals surface area (Å²) in [6.07, 6.45) is 1.83. The number of rotatable bonds is 5. The molecule has 1 aliphatic heterocycles. The van der Waals surface area contributed by atoms with Crippen LogP contribution in [0, 0.1) is 0 Å². The monoisotopic (exact) mass is 280 g/mol. The number of hydrogen-bond donors (Lipinski definition) is 2. The smallest absolute Gasteiger partial charge is 0.259 e. The highest BCUT2D eigenvalue weighted by Crippen LogP contribution is 2.36. The topological polar surface area (TPSA) is 86.7 Å². The molecular formula is C9H16N2O4S2. The van der Waals surface area contributed by atoms with Gasteiger partial charge in [0, 0.05) is 13.1 Å². The second-order valence-corrected chi connectivity index (χ2v) is 6.85. The Morgan fingerprint density at radius 1 is 1.59 bits per heavy atom. The summed E-state index contributed by atoms with van der Waals surface area (Å²) in [6.45, 7) is 4.90. The molecule has 0 aromatic heterocycles. The Balaban J connectivity index is 2.71. The molecule has 1 aliphatic rings. The zero-order chi connectivity index (χ0) is 13.1. The summed E-state index contributed by atoms with van der Waals surface area (Å²) in [6, 6.07) is 0. The molecular weight excluding hydrogens is 264 g/mol. The standard InChI is InChI=1S/C9H16N2O4S2/c1-3-11(4-2)9(12)7-5-6-8(16-7)17(14,15)10-13/h5,8,10,13H,3-4,6H2,1-2H3. The van der Waals surface area contributed by atoms with Crippen LogP contribution in [0.3, 0.4) is 0 Å². The van der Waals surface area contributed by atoms with Gasteiger partial charge in [0.2, 0.25) is 10.0 Å². The van der Waals surface area contributed by atoms with E-state index >= 15 is 0 Å². The highest BCUT2D eigenvalue weighted by atomic mass is 32.3. The van der Waals surface area contributed by atoms with Crippen molar-refractivity contribution >= 4 is 27.7 Å². The minimum absolute atomic E-state index is 0.157. The Kier molecular flexibility index (Phi) is 4.99. The SMILES string of the molecule is CCN(CC)C(=O)C1=CCC(S(=O)(=O)NO)S1. The van der Waals surface area contributed by atoms with Crippen molar-refractivity contribution < 1.29 is 18.4 Å². The van der Waals surface area contributed by atoms with E-state index < -0.39 is 14.6 Å². The van der Waals surface area contributed by atoms with Gasteiger partial charge in [-0.25, -0.2) is 8.42 Å². The summed E-state index contributed by atoms with van der Waals surface area (Å²) in [5.74, 6) is -0.157. The van der Waals surface area contributed by atoms with E-state index in [0.717, 1.165) is 11.8 Å². The lowest BCUT2D eigenvalue weighted by Crippen LogP contribution is -2.31. The molecule has 0 aliphatic carbocycles. The van der Waals surface area contributed by atoms with Gasteiger partial charge in [-0.1, -0.05) is 22.7 Å². The number of thioether (sulfide) groups is 1. The third-order valence-electron chi connectivity index (χ3n) is 2.49. The van der Waals surface area contributed by atoms with Crippen LogP contribution in [0.15, 0.2) is 11.0 Å². The van der Waals surface area contributed by atoms with Gasteiger partial charge in [-0.15, -0.1) is 0 Å². The largest absolute Gasteiger partial charge is 0.339 e. The number of nitrogens with one attached hydrogen (secondary N) is 1. The van der Waals surface area contributed by atoms with Crippen molar-refractivity contribution in [3.63, 3.8) is 0 Å². The summed E-state index contributed by atoms with van der Waals surface area (Å²) in [5.41, 5.74) is 0. The molecule has 0 bridgehead atoms. The molecule has 1 amide bonds. The lowest BCUT2D eigenvalue weighted by Gasteiger charge is -2.19. The van der Waals surface area contributed by atoms with Crippen molar-refractivity contribution in [1.29, 1.82) is 0 Å². The second kappa shape index (κ2) is 5.85. The van der Waals surface area contributed by atoms with Crippen molar-refractivity contribution in [3.05, 3.63) is 11.0 Å². The number of nitrogens with zero attached hydrogens (tertiary/aromatic N) is 1. The van der Waals surface area contributed by atoms with Crippen molar-refractivity contribution in [3.8, 4) is 0 Å². The summed E-state index contributed by atoms with van der Waals surface area (Å²) >= 11 is 0.969. The molecule has 1 atom stereocenters. The number of carbonyl (C=O) groups is 1. The Hall–Kier alpha value is -0.570. The highest BCUT2D eigenvalue weighted by molar-refractivity contribution is 8.15. The Morgan fingerprint density at radius 2 is 2.18 bits per heavy atom. The molecule has 17 heavy (non-hydrogen) atoms. The van der Waals surface area contributed by atoms with E-state index in [1.54, 1.807) is 11.0 Å². The second-order valence-electron chi connectivity index (χ2n) is 3.47. The minimum Gasteiger partial charge on any atom is -0.339 e. The maximum absolute atomic E-state index is 11.9. The van der Waals surface area contributed by atoms with Gasteiger partial charge in [0.15, 0.2) is 0 Å². The molecule has 0 radical (unpaired) electrons. The third kappa shape index (κ3) is 3.21. The fraction of sp³-hybridized carbons (Fsp3) is 0.667. The van der Waals surface area contributed by atoms with Crippen LogP contribution in [0.1, 0.15) is 20.3 Å². The molecule has 98 valence electrons. The van der Waals surface area contributed by atoms with E-state index in [4.69, 9.17) is 5.21 Å². The molecule has 0 saturated heterocycles. The van der Waals surface area contributed by atoms with Crippen LogP contribution < -0.4 is 4.89 Å². The van der Waals surface area contributed by atoms with Gasteiger partial charge in [0.1, 0.15) is 4.58 Å². The van der Waals surface area contributed by atoms with Crippen LogP contribution in [-0.2, 0) is 14.8 Å². The van der Waals surface area contributed by atoms with Gasteiger partial charge in [-0.05, 0) is 20.3 Å². The zero-order valence-corrected chi connectivity index (χ0v) is 11.3. The van der Waals surface area contributed by atoms with Crippen LogP contribution >= 0.6 is 11.8 Å². The van der Waals surface area contributed by atoms with Gasteiger partial charge in [-0.2, -0.15) is 0 Å². The molecule has 0 spiro atoms. The Bertz CT molecular complexity index is 415. The molecule has 0 saturated carbocycles. The minimum atomic E-state index is -3.76. The summed E-state index contributed by atoms with van der Waals surface area (Å²) in [5, 5.41) is 8.51. The third-order valence-corrected chi connectivity index (χ3v) is 5.73. The highest BCUT2D eigenvalue weighted by Gasteiger charge is 2.33. The number of allylic oxidation sites excluding steroid dienone is 1. The van der Waals surface area contributed by atoms with E-state index in [1.165, 1.54) is 4.89 Å². The van der Waals surface area contributed by atoms with Crippen LogP contribution in [0.4, 0.5) is 0 Å². The van der Waals surface area contributed by atoms with Gasteiger partial charge >= 0.3 is 0 Å². The van der Waals surface area contributed by atoms with Crippen molar-refractivity contribution in [2.24, 2.45) is 0 Å². The predicted molar refractivity (Wildman–Crippen MR) is 65.8 cm³/mol. The van der Waals surface area contributed by atoms with Gasteiger partial charge < -0.3 is 10.1 Å². The maximum Gasteiger partial charge on any atom is 0.259 e. The fourth-order valence-corrected chi connectivity index (χ4v) is 3.81. The lowest BCUT2D eigenvalue weighted by atomic mass is 10.3. The summed E-state index contributed by atoms with van der Waals surface area (Å²) in [4.78, 5) is 15.3. The van der Waals surface area contributed by atoms with Crippen molar-refractivity contribution in [2.75, 3.05) is 13.1 Å². The van der Waals surface area contributed by atoms with Gasteiger partial charge in [0.05, 0.1) is 4.91 Å². The molecule has 0 aromatic rings. The zero-order valence-electron chi connectivity index (χ0n) is 9.71. The van der Waals surface area contributed by atoms with Gasteiger partial charge in [-0.3, -0.25) is 4.79 Å². The molecule has 6 nitrogen and oxygen atoms in total. The van der Waals surface area contributed by atoms with Crippen molar-refractivity contribution in [2.45, 2.75) is 24.9 Å². The average Bonchev–Trinajstić information content (AvgIpc) is 2.80. The maximum atomic E-state index is 11.9. The van der Waals surface area contributed by atoms with E-state index in [9.17, 15) is 13.2 Å². The molecule has 8 heteroatoms. The first-order valence-corrected chi connectivity index (χ1v) is 7.69. The van der Waals surface area contributed by atoms with Crippen LogP contribution in [0.2, 0.25) is 0 Å². The first-order valence-electron chi connectivity index (χ1n) is 5.27.